The molecule has 11 nitrogen and oxygen atoms in total. The third kappa shape index (κ3) is 9.37. The molecule has 0 bridgehead atoms. The predicted octanol–water partition coefficient (Wildman–Crippen LogP) is 5.18. The van der Waals surface area contributed by atoms with Crippen LogP contribution in [0.15, 0.2) is 51.2 Å². The fourth-order valence-corrected chi connectivity index (χ4v) is 5.67. The van der Waals surface area contributed by atoms with Crippen LogP contribution in [0.4, 0.5) is 5.69 Å². The lowest BCUT2D eigenvalue weighted by Gasteiger charge is -2.20. The summed E-state index contributed by atoms with van der Waals surface area (Å²) in [6, 6.07) is 13.0. The molecule has 3 rings (SSSR count). The summed E-state index contributed by atoms with van der Waals surface area (Å²) in [5.41, 5.74) is 1.41. The van der Waals surface area contributed by atoms with Crippen molar-refractivity contribution >= 4 is 57.7 Å². The van der Waals surface area contributed by atoms with Gasteiger partial charge in [-0.25, -0.2) is 4.79 Å². The minimum atomic E-state index is -1.29. The van der Waals surface area contributed by atoms with Crippen molar-refractivity contribution in [1.29, 1.82) is 5.26 Å². The first-order valence-corrected chi connectivity index (χ1v) is 15.2. The van der Waals surface area contributed by atoms with Crippen LogP contribution in [0.3, 0.4) is 0 Å². The molecule has 0 saturated carbocycles. The Kier molecular flexibility index (Phi) is 12.4. The van der Waals surface area contributed by atoms with E-state index in [1.54, 1.807) is 18.2 Å². The molecule has 0 radical (unpaired) electrons. The zero-order valence-electron chi connectivity index (χ0n) is 24.7. The molecule has 0 aliphatic rings. The second kappa shape index (κ2) is 16.2. The average molecular weight is 622 g/mol. The summed E-state index contributed by atoms with van der Waals surface area (Å²) in [7, 11) is 0. The Morgan fingerprint density at radius 2 is 1.59 bits per heavy atom. The maximum absolute atomic E-state index is 12.8. The van der Waals surface area contributed by atoms with Crippen LogP contribution in [-0.2, 0) is 19.2 Å². The number of rotatable bonds is 17. The number of amides is 1. The van der Waals surface area contributed by atoms with Gasteiger partial charge in [0, 0.05) is 52.8 Å². The van der Waals surface area contributed by atoms with Gasteiger partial charge in [-0.3, -0.25) is 19.2 Å². The van der Waals surface area contributed by atoms with Gasteiger partial charge in [0.1, 0.15) is 24.7 Å². The van der Waals surface area contributed by atoms with E-state index in [0.717, 1.165) is 29.1 Å². The van der Waals surface area contributed by atoms with Gasteiger partial charge in [0.2, 0.25) is 5.91 Å². The van der Waals surface area contributed by atoms with Gasteiger partial charge < -0.3 is 24.4 Å². The number of carboxylic acids is 2. The molecule has 2 aromatic heterocycles. The molecule has 2 N–H and O–H groups in total. The number of fused-ring (bicyclic) bond motifs is 1. The molecule has 0 fully saturated rings. The van der Waals surface area contributed by atoms with Crippen LogP contribution < -0.4 is 10.5 Å². The van der Waals surface area contributed by atoms with Crippen molar-refractivity contribution in [1.82, 2.24) is 4.90 Å². The van der Waals surface area contributed by atoms with Gasteiger partial charge >= 0.3 is 17.6 Å². The number of anilines is 1. The van der Waals surface area contributed by atoms with Crippen LogP contribution in [0.1, 0.15) is 57.2 Å². The molecular weight excluding hydrogens is 586 g/mol. The summed E-state index contributed by atoms with van der Waals surface area (Å²) in [6.07, 6.45) is 3.74. The first-order chi connectivity index (χ1) is 21.1. The average Bonchev–Trinajstić information content (AvgIpc) is 3.45. The van der Waals surface area contributed by atoms with E-state index < -0.39 is 36.6 Å². The normalized spacial score (nSPS) is 11.2. The Bertz CT molecular complexity index is 1630. The summed E-state index contributed by atoms with van der Waals surface area (Å²) in [5, 5.41) is 28.1. The van der Waals surface area contributed by atoms with Crippen LogP contribution in [-0.4, -0.2) is 64.9 Å². The zero-order valence-corrected chi connectivity index (χ0v) is 25.5. The molecule has 3 aromatic rings. The summed E-state index contributed by atoms with van der Waals surface area (Å²) < 4.78 is 5.64. The van der Waals surface area contributed by atoms with Crippen LogP contribution in [0.5, 0.6) is 0 Å². The molecule has 1 aromatic carbocycles. The molecule has 44 heavy (non-hydrogen) atoms. The number of carbonyl (C=O) groups excluding carboxylic acids is 2. The number of allylic oxidation sites excluding steroid dienone is 1. The number of nitriles is 1. The summed E-state index contributed by atoms with van der Waals surface area (Å²) in [6.45, 7) is 4.43. The first-order valence-electron chi connectivity index (χ1n) is 14.4. The Morgan fingerprint density at radius 1 is 0.932 bits per heavy atom. The molecule has 0 unspecified atom stereocenters. The molecule has 12 heteroatoms. The van der Waals surface area contributed by atoms with Gasteiger partial charge in [-0.2, -0.15) is 5.26 Å². The van der Waals surface area contributed by atoms with Crippen molar-refractivity contribution in [3.8, 4) is 16.5 Å². The van der Waals surface area contributed by atoms with Crippen molar-refractivity contribution in [2.24, 2.45) is 0 Å². The third-order valence-corrected chi connectivity index (χ3v) is 8.06. The highest BCUT2D eigenvalue weighted by Crippen LogP contribution is 2.30. The van der Waals surface area contributed by atoms with Crippen LogP contribution in [0.25, 0.3) is 27.5 Å². The van der Waals surface area contributed by atoms with Crippen molar-refractivity contribution in [2.45, 2.75) is 52.4 Å². The monoisotopic (exact) mass is 621 g/mol. The molecule has 2 heterocycles. The zero-order chi connectivity index (χ0) is 32.2. The molecule has 232 valence electrons. The van der Waals surface area contributed by atoms with E-state index in [2.05, 4.69) is 18.7 Å². The Morgan fingerprint density at radius 3 is 2.20 bits per heavy atom. The third-order valence-electron chi connectivity index (χ3n) is 7.00. The Labute approximate surface area is 258 Å². The van der Waals surface area contributed by atoms with Crippen molar-refractivity contribution < 1.29 is 33.8 Å². The molecule has 0 saturated heterocycles. The molecule has 0 aliphatic heterocycles. The van der Waals surface area contributed by atoms with E-state index in [9.17, 15) is 29.2 Å². The highest BCUT2D eigenvalue weighted by Gasteiger charge is 2.19. The fourth-order valence-electron chi connectivity index (χ4n) is 4.72. The maximum atomic E-state index is 12.8. The second-order valence-corrected chi connectivity index (χ2v) is 11.2. The number of thiophene rings is 1. The molecule has 1 amide bonds. The molecule has 0 atom stereocenters. The largest absolute Gasteiger partial charge is 0.480 e. The van der Waals surface area contributed by atoms with Crippen LogP contribution in [0.2, 0.25) is 0 Å². The number of nitrogens with zero attached hydrogens (tertiary/aromatic N) is 3. The summed E-state index contributed by atoms with van der Waals surface area (Å²) in [4.78, 5) is 63.7. The van der Waals surface area contributed by atoms with Crippen molar-refractivity contribution in [3.63, 3.8) is 0 Å². The number of hydrogen-bond donors (Lipinski definition) is 2. The van der Waals surface area contributed by atoms with Gasteiger partial charge in [0.15, 0.2) is 5.78 Å². The van der Waals surface area contributed by atoms with Gasteiger partial charge in [0.25, 0.3) is 0 Å². The lowest BCUT2D eigenvalue weighted by Crippen LogP contribution is -2.39. The van der Waals surface area contributed by atoms with Gasteiger partial charge in [-0.15, -0.1) is 11.3 Å². The minimum absolute atomic E-state index is 0.000962. The molecular formula is C32H35N3O8S. The predicted molar refractivity (Wildman–Crippen MR) is 168 cm³/mol. The van der Waals surface area contributed by atoms with E-state index in [-0.39, 0.29) is 24.2 Å². The summed E-state index contributed by atoms with van der Waals surface area (Å²) >= 11 is 1.27. The van der Waals surface area contributed by atoms with Crippen LogP contribution >= 0.6 is 11.3 Å². The Hall–Kier alpha value is -4.76. The van der Waals surface area contributed by atoms with Gasteiger partial charge in [-0.05, 0) is 63.1 Å². The standard InChI is InChI=1S/C32H35N3O8S/c1-3-34(4-2)23-12-11-21-16-25(32(42)43-27(21)17-23)28-14-13-24(44-28)15-22(18-33)26(36)9-7-5-6-8-10-29(37)35(19-30(38)39)20-31(40)41/h11-17H,3-10,19-20H2,1-2H3,(H,38,39)(H,40,41)/b22-15+. The highest BCUT2D eigenvalue weighted by atomic mass is 32.1. The number of ketones is 1. The lowest BCUT2D eigenvalue weighted by atomic mass is 10.0. The number of carboxylic acid groups (broad SMARTS) is 2. The smallest absolute Gasteiger partial charge is 0.345 e. The number of benzene rings is 1. The highest BCUT2D eigenvalue weighted by molar-refractivity contribution is 7.16. The van der Waals surface area contributed by atoms with Gasteiger partial charge in [0.05, 0.1) is 11.1 Å². The van der Waals surface area contributed by atoms with E-state index in [4.69, 9.17) is 14.6 Å². The SMILES string of the molecule is CCN(CC)c1ccc2cc(-c3ccc(/C=C(\C#N)C(=O)CCCCCCC(=O)N(CC(=O)O)CC(=O)O)s3)c(=O)oc2c1. The quantitative estimate of drug-likeness (QED) is 0.0886. The van der Waals surface area contributed by atoms with E-state index in [0.29, 0.717) is 46.6 Å². The second-order valence-electron chi connectivity index (χ2n) is 10.1. The molecule has 0 spiro atoms. The molecule has 0 aliphatic carbocycles. The fraction of sp³-hybridized carbons (Fsp3) is 0.375. The van der Waals surface area contributed by atoms with Crippen molar-refractivity contribution in [2.75, 3.05) is 31.1 Å². The number of aliphatic carboxylic acids is 2. The number of hydrogen-bond acceptors (Lipinski definition) is 9. The van der Waals surface area contributed by atoms with Crippen molar-refractivity contribution in [3.05, 3.63) is 57.3 Å². The van der Waals surface area contributed by atoms with E-state index >= 15 is 0 Å². The number of Topliss-reactive ketones (excluding diaryl/α,β-unsaturated/α-hetero) is 1. The number of carbonyl (C=O) groups is 4. The first kappa shape index (κ1) is 33.7. The minimum Gasteiger partial charge on any atom is -0.480 e. The Balaban J connectivity index is 1.57. The maximum Gasteiger partial charge on any atom is 0.345 e. The van der Waals surface area contributed by atoms with Gasteiger partial charge in [-0.1, -0.05) is 12.8 Å². The van der Waals surface area contributed by atoms with Crippen LogP contribution in [0, 0.1) is 11.3 Å². The van der Waals surface area contributed by atoms with E-state index in [1.165, 1.54) is 17.4 Å². The number of unbranched alkanes of at least 4 members (excludes halogenated alkanes) is 3. The van der Waals surface area contributed by atoms with E-state index in [1.807, 2.05) is 24.3 Å². The lowest BCUT2D eigenvalue weighted by molar-refractivity contribution is -0.149. The topological polar surface area (TPSA) is 169 Å². The summed E-state index contributed by atoms with van der Waals surface area (Å²) in [5.74, 6) is -3.45.